The molecule has 0 unspecified atom stereocenters. The Labute approximate surface area is 110 Å². The predicted octanol–water partition coefficient (Wildman–Crippen LogP) is 2.88. The molecule has 0 N–H and O–H groups in total. The van der Waals surface area contributed by atoms with Crippen LogP contribution in [0.1, 0.15) is 23.7 Å². The van der Waals surface area contributed by atoms with Crippen molar-refractivity contribution in [2.45, 2.75) is 19.9 Å². The van der Waals surface area contributed by atoms with Gasteiger partial charge in [0.25, 0.3) is 5.56 Å². The quantitative estimate of drug-likeness (QED) is 0.792. The summed E-state index contributed by atoms with van der Waals surface area (Å²) in [5, 5.41) is 0. The second-order valence-corrected chi connectivity index (χ2v) is 4.26. The summed E-state index contributed by atoms with van der Waals surface area (Å²) in [6, 6.07) is 9.16. The largest absolute Gasteiger partial charge is 0.308 e. The lowest BCUT2D eigenvalue weighted by Crippen LogP contribution is -2.24. The number of hydrogen-bond acceptors (Lipinski definition) is 2. The molecule has 0 radical (unpaired) electrons. The van der Waals surface area contributed by atoms with Gasteiger partial charge >= 0.3 is 0 Å². The summed E-state index contributed by atoms with van der Waals surface area (Å²) >= 11 is 0. The van der Waals surface area contributed by atoms with Crippen LogP contribution in [-0.4, -0.2) is 10.9 Å². The van der Waals surface area contributed by atoms with Crippen LogP contribution in [0.15, 0.2) is 41.2 Å². The van der Waals surface area contributed by atoms with Gasteiger partial charge in [-0.05, 0) is 48.4 Å². The van der Waals surface area contributed by atoms with Gasteiger partial charge in [0.05, 0.1) is 11.3 Å². The Morgan fingerprint density at radius 1 is 1.16 bits per heavy atom. The zero-order chi connectivity index (χ0) is 13.8. The van der Waals surface area contributed by atoms with Gasteiger partial charge in [0, 0.05) is 6.54 Å². The van der Waals surface area contributed by atoms with Gasteiger partial charge in [-0.3, -0.25) is 9.59 Å². The Bertz CT molecular complexity index is 644. The maximum Gasteiger partial charge on any atom is 0.261 e. The molecule has 98 valence electrons. The number of aldehydes is 1. The first kappa shape index (κ1) is 13.2. The number of aromatic nitrogens is 1. The van der Waals surface area contributed by atoms with Crippen LogP contribution in [0, 0.1) is 5.82 Å². The number of rotatable bonds is 4. The molecule has 3 nitrogen and oxygen atoms in total. The summed E-state index contributed by atoms with van der Waals surface area (Å²) in [7, 11) is 0. The Hall–Kier alpha value is -2.23. The summed E-state index contributed by atoms with van der Waals surface area (Å²) in [6.07, 6.45) is 1.33. The summed E-state index contributed by atoms with van der Waals surface area (Å²) in [4.78, 5) is 22.9. The maximum absolute atomic E-state index is 12.9. The highest BCUT2D eigenvalue weighted by Gasteiger charge is 2.09. The van der Waals surface area contributed by atoms with Crippen LogP contribution in [0.5, 0.6) is 0 Å². The molecule has 0 aliphatic carbocycles. The minimum atomic E-state index is -0.322. The van der Waals surface area contributed by atoms with E-state index in [-0.39, 0.29) is 16.9 Å². The number of benzene rings is 1. The molecule has 0 saturated carbocycles. The minimum absolute atomic E-state index is 0.138. The molecule has 0 aliphatic rings. The first-order valence-electron chi connectivity index (χ1n) is 6.12. The number of carbonyl (C=O) groups is 1. The molecule has 1 heterocycles. The molecular weight excluding hydrogens is 245 g/mol. The van der Waals surface area contributed by atoms with E-state index in [1.165, 1.54) is 18.2 Å². The lowest BCUT2D eigenvalue weighted by atomic mass is 10.1. The Balaban J connectivity index is 2.62. The molecule has 19 heavy (non-hydrogen) atoms. The van der Waals surface area contributed by atoms with Crippen molar-refractivity contribution >= 4 is 6.29 Å². The van der Waals surface area contributed by atoms with E-state index in [1.807, 2.05) is 6.92 Å². The van der Waals surface area contributed by atoms with E-state index in [1.54, 1.807) is 22.8 Å². The molecule has 0 saturated heterocycles. The Kier molecular flexibility index (Phi) is 3.90. The van der Waals surface area contributed by atoms with E-state index < -0.39 is 0 Å². The fourth-order valence-electron chi connectivity index (χ4n) is 2.00. The lowest BCUT2D eigenvalue weighted by molar-refractivity contribution is 0.112. The van der Waals surface area contributed by atoms with Gasteiger partial charge in [-0.1, -0.05) is 6.92 Å². The summed E-state index contributed by atoms with van der Waals surface area (Å²) in [5.41, 5.74) is 1.28. The molecule has 0 amide bonds. The van der Waals surface area contributed by atoms with Crippen LogP contribution in [-0.2, 0) is 6.54 Å². The van der Waals surface area contributed by atoms with Crippen LogP contribution >= 0.6 is 0 Å². The van der Waals surface area contributed by atoms with Gasteiger partial charge in [0.2, 0.25) is 0 Å². The van der Waals surface area contributed by atoms with Crippen LogP contribution in [0.25, 0.3) is 11.3 Å². The van der Waals surface area contributed by atoms with Gasteiger partial charge < -0.3 is 4.57 Å². The fourth-order valence-corrected chi connectivity index (χ4v) is 2.00. The van der Waals surface area contributed by atoms with Crippen molar-refractivity contribution in [1.29, 1.82) is 0 Å². The molecule has 0 aliphatic heterocycles. The third-order valence-electron chi connectivity index (χ3n) is 2.92. The molecular formula is C15H14FNO2. The molecule has 0 fully saturated rings. The smallest absolute Gasteiger partial charge is 0.261 e. The minimum Gasteiger partial charge on any atom is -0.308 e. The molecule has 1 aromatic carbocycles. The zero-order valence-electron chi connectivity index (χ0n) is 10.6. The first-order valence-corrected chi connectivity index (χ1v) is 6.12. The fraction of sp³-hybridized carbons (Fsp3) is 0.200. The van der Waals surface area contributed by atoms with Gasteiger partial charge in [-0.25, -0.2) is 4.39 Å². The predicted molar refractivity (Wildman–Crippen MR) is 71.8 cm³/mol. The number of pyridine rings is 1. The second-order valence-electron chi connectivity index (χ2n) is 4.26. The monoisotopic (exact) mass is 259 g/mol. The zero-order valence-corrected chi connectivity index (χ0v) is 10.6. The standard InChI is InChI=1S/C15H14FNO2/c1-2-9-17-14(8-5-12(10-18)15(17)19)11-3-6-13(16)7-4-11/h3-8,10H,2,9H2,1H3. The van der Waals surface area contributed by atoms with Gasteiger partial charge in [-0.15, -0.1) is 0 Å². The third kappa shape index (κ3) is 2.62. The van der Waals surface area contributed by atoms with Crippen molar-refractivity contribution in [3.8, 4) is 11.3 Å². The Morgan fingerprint density at radius 2 is 1.84 bits per heavy atom. The number of nitrogens with zero attached hydrogens (tertiary/aromatic N) is 1. The maximum atomic E-state index is 12.9. The third-order valence-corrected chi connectivity index (χ3v) is 2.92. The lowest BCUT2D eigenvalue weighted by Gasteiger charge is -2.12. The topological polar surface area (TPSA) is 39.1 Å². The summed E-state index contributed by atoms with van der Waals surface area (Å²) in [5.74, 6) is -0.322. The van der Waals surface area contributed by atoms with E-state index in [0.29, 0.717) is 18.5 Å². The molecule has 2 rings (SSSR count). The van der Waals surface area contributed by atoms with Gasteiger partial charge in [0.1, 0.15) is 5.82 Å². The van der Waals surface area contributed by atoms with Crippen molar-refractivity contribution in [1.82, 2.24) is 4.57 Å². The van der Waals surface area contributed by atoms with Crippen molar-refractivity contribution in [2.24, 2.45) is 0 Å². The SMILES string of the molecule is CCCn1c(-c2ccc(F)cc2)ccc(C=O)c1=O. The summed E-state index contributed by atoms with van der Waals surface area (Å²) < 4.78 is 14.5. The van der Waals surface area contributed by atoms with Crippen LogP contribution in [0.3, 0.4) is 0 Å². The number of carbonyl (C=O) groups excluding carboxylic acids is 1. The molecule has 1 aromatic heterocycles. The van der Waals surface area contributed by atoms with Gasteiger partial charge in [0.15, 0.2) is 6.29 Å². The first-order chi connectivity index (χ1) is 9.17. The van der Waals surface area contributed by atoms with Crippen molar-refractivity contribution in [3.05, 3.63) is 58.1 Å². The molecule has 4 heteroatoms. The number of halogens is 1. The molecule has 0 spiro atoms. The average Bonchev–Trinajstić information content (AvgIpc) is 2.42. The van der Waals surface area contributed by atoms with Crippen molar-refractivity contribution in [2.75, 3.05) is 0 Å². The van der Waals surface area contributed by atoms with E-state index in [4.69, 9.17) is 0 Å². The van der Waals surface area contributed by atoms with Gasteiger partial charge in [-0.2, -0.15) is 0 Å². The van der Waals surface area contributed by atoms with Crippen LogP contribution in [0.2, 0.25) is 0 Å². The highest BCUT2D eigenvalue weighted by Crippen LogP contribution is 2.19. The highest BCUT2D eigenvalue weighted by atomic mass is 19.1. The number of hydrogen-bond donors (Lipinski definition) is 0. The van der Waals surface area contributed by atoms with Crippen LogP contribution in [0.4, 0.5) is 4.39 Å². The van der Waals surface area contributed by atoms with Crippen molar-refractivity contribution in [3.63, 3.8) is 0 Å². The van der Waals surface area contributed by atoms with E-state index >= 15 is 0 Å². The normalized spacial score (nSPS) is 10.4. The van der Waals surface area contributed by atoms with E-state index in [9.17, 15) is 14.0 Å². The summed E-state index contributed by atoms with van der Waals surface area (Å²) in [6.45, 7) is 2.47. The average molecular weight is 259 g/mol. The molecule has 0 atom stereocenters. The second kappa shape index (κ2) is 5.61. The Morgan fingerprint density at radius 3 is 2.42 bits per heavy atom. The van der Waals surface area contributed by atoms with E-state index in [0.717, 1.165) is 12.0 Å². The van der Waals surface area contributed by atoms with E-state index in [2.05, 4.69) is 0 Å². The van der Waals surface area contributed by atoms with Crippen molar-refractivity contribution < 1.29 is 9.18 Å². The highest BCUT2D eigenvalue weighted by molar-refractivity contribution is 5.75. The van der Waals surface area contributed by atoms with Crippen LogP contribution < -0.4 is 5.56 Å². The molecule has 2 aromatic rings. The molecule has 0 bridgehead atoms.